The summed E-state index contributed by atoms with van der Waals surface area (Å²) in [6.45, 7) is 0.621. The summed E-state index contributed by atoms with van der Waals surface area (Å²) in [5.74, 6) is 1.09. The van der Waals surface area contributed by atoms with Gasteiger partial charge in [-0.15, -0.1) is 10.2 Å². The normalized spacial score (nSPS) is 17.7. The number of sulfonamides is 1. The highest BCUT2D eigenvalue weighted by Crippen LogP contribution is 2.24. The molecule has 2 aromatic rings. The summed E-state index contributed by atoms with van der Waals surface area (Å²) < 4.78 is 32.6. The number of anilines is 1. The number of aromatic nitrogens is 2. The molecule has 1 aromatic heterocycles. The van der Waals surface area contributed by atoms with Crippen LogP contribution in [0, 0.1) is 11.3 Å². The molecule has 0 aliphatic carbocycles. The number of hydrogen-bond acceptors (Lipinski definition) is 7. The maximum atomic E-state index is 12.7. The minimum absolute atomic E-state index is 0.173. The Morgan fingerprint density at radius 3 is 2.50 bits per heavy atom. The Balaban J connectivity index is 1.66. The molecule has 1 aliphatic heterocycles. The number of nitrogens with zero attached hydrogens (tertiary/aromatic N) is 5. The molecular formula is C17H19N5O3S. The first-order valence-electron chi connectivity index (χ1n) is 8.08. The van der Waals surface area contributed by atoms with Crippen LogP contribution in [0.25, 0.3) is 0 Å². The van der Waals surface area contributed by atoms with Crippen LogP contribution < -0.4 is 9.64 Å². The van der Waals surface area contributed by atoms with E-state index in [0.717, 1.165) is 0 Å². The van der Waals surface area contributed by atoms with Gasteiger partial charge >= 0.3 is 0 Å². The molecule has 3 rings (SSSR count). The lowest BCUT2D eigenvalue weighted by atomic mass is 10.2. The van der Waals surface area contributed by atoms with Crippen LogP contribution in [0.5, 0.6) is 5.88 Å². The van der Waals surface area contributed by atoms with Crippen molar-refractivity contribution in [3.05, 3.63) is 42.0 Å². The first-order valence-corrected chi connectivity index (χ1v) is 9.52. The Labute approximate surface area is 152 Å². The molecule has 2 heterocycles. The molecule has 1 aliphatic rings. The monoisotopic (exact) mass is 373 g/mol. The van der Waals surface area contributed by atoms with E-state index in [2.05, 4.69) is 10.2 Å². The molecule has 0 N–H and O–H groups in total. The van der Waals surface area contributed by atoms with Gasteiger partial charge in [0.15, 0.2) is 5.82 Å². The molecule has 0 saturated carbocycles. The molecule has 0 spiro atoms. The number of benzene rings is 1. The molecule has 0 unspecified atom stereocenters. The van der Waals surface area contributed by atoms with E-state index in [1.54, 1.807) is 12.1 Å². The third kappa shape index (κ3) is 3.76. The molecule has 1 saturated heterocycles. The first-order chi connectivity index (χ1) is 12.4. The lowest BCUT2D eigenvalue weighted by molar-refractivity contribution is 0.204. The highest BCUT2D eigenvalue weighted by atomic mass is 32.2. The second-order valence-electron chi connectivity index (χ2n) is 6.15. The van der Waals surface area contributed by atoms with Gasteiger partial charge in [-0.1, -0.05) is 0 Å². The number of rotatable bonds is 5. The number of ether oxygens (including phenoxy) is 1. The Kier molecular flexibility index (Phi) is 5.06. The summed E-state index contributed by atoms with van der Waals surface area (Å²) in [6, 6.07) is 11.4. The molecular weight excluding hydrogens is 354 g/mol. The summed E-state index contributed by atoms with van der Waals surface area (Å²) in [5.41, 5.74) is 0.423. The summed E-state index contributed by atoms with van der Waals surface area (Å²) in [6.07, 6.45) is 0.301. The minimum Gasteiger partial charge on any atom is -0.472 e. The van der Waals surface area contributed by atoms with Crippen molar-refractivity contribution in [3.8, 4) is 11.9 Å². The zero-order chi connectivity index (χ0) is 18.7. The predicted molar refractivity (Wildman–Crippen MR) is 95.3 cm³/mol. The molecule has 9 heteroatoms. The van der Waals surface area contributed by atoms with Crippen LogP contribution in [0.4, 0.5) is 5.82 Å². The van der Waals surface area contributed by atoms with Crippen molar-refractivity contribution >= 4 is 15.8 Å². The van der Waals surface area contributed by atoms with Gasteiger partial charge in [0.05, 0.1) is 23.1 Å². The fourth-order valence-corrected chi connectivity index (χ4v) is 4.13. The van der Waals surface area contributed by atoms with E-state index < -0.39 is 10.0 Å². The van der Waals surface area contributed by atoms with Gasteiger partial charge in [-0.05, 0) is 36.8 Å². The van der Waals surface area contributed by atoms with Crippen LogP contribution >= 0.6 is 0 Å². The van der Waals surface area contributed by atoms with Crippen LogP contribution in [-0.2, 0) is 10.0 Å². The second kappa shape index (κ2) is 7.27. The van der Waals surface area contributed by atoms with E-state index in [1.807, 2.05) is 25.1 Å². The van der Waals surface area contributed by atoms with Crippen molar-refractivity contribution < 1.29 is 13.2 Å². The van der Waals surface area contributed by atoms with E-state index in [4.69, 9.17) is 10.00 Å². The van der Waals surface area contributed by atoms with Crippen molar-refractivity contribution in [2.75, 3.05) is 32.1 Å². The van der Waals surface area contributed by atoms with E-state index in [1.165, 1.54) is 28.6 Å². The predicted octanol–water partition coefficient (Wildman–Crippen LogP) is 1.26. The standard InChI is InChI=1S/C17H19N5O3S/c1-21(2)16-7-8-17(20-19-16)25-14-9-10-22(12-14)26(23,24)15-5-3-13(11-18)4-6-15/h3-8,14H,9-10,12H2,1-2H3/t14-/m0/s1. The summed E-state index contributed by atoms with van der Waals surface area (Å²) in [5, 5.41) is 16.9. The fourth-order valence-electron chi connectivity index (χ4n) is 2.65. The molecule has 0 bridgehead atoms. The van der Waals surface area contributed by atoms with E-state index >= 15 is 0 Å². The largest absolute Gasteiger partial charge is 0.472 e. The quantitative estimate of drug-likeness (QED) is 0.778. The number of hydrogen-bond donors (Lipinski definition) is 0. The SMILES string of the molecule is CN(C)c1ccc(O[C@H]2CCN(S(=O)(=O)c3ccc(C#N)cc3)C2)nn1. The van der Waals surface area contributed by atoms with Gasteiger partial charge in [-0.3, -0.25) is 0 Å². The smallest absolute Gasteiger partial charge is 0.243 e. The molecule has 0 radical (unpaired) electrons. The lowest BCUT2D eigenvalue weighted by Gasteiger charge is -2.17. The summed E-state index contributed by atoms with van der Waals surface area (Å²) in [4.78, 5) is 2.00. The molecule has 1 fully saturated rings. The highest BCUT2D eigenvalue weighted by Gasteiger charge is 2.33. The molecule has 1 atom stereocenters. The van der Waals surface area contributed by atoms with Crippen molar-refractivity contribution in [1.29, 1.82) is 5.26 Å². The first kappa shape index (κ1) is 18.1. The third-order valence-corrected chi connectivity index (χ3v) is 5.98. The molecule has 0 amide bonds. The van der Waals surface area contributed by atoms with E-state index in [9.17, 15) is 8.42 Å². The van der Waals surface area contributed by atoms with Crippen LogP contribution in [0.1, 0.15) is 12.0 Å². The molecule has 26 heavy (non-hydrogen) atoms. The highest BCUT2D eigenvalue weighted by molar-refractivity contribution is 7.89. The fraction of sp³-hybridized carbons (Fsp3) is 0.353. The average molecular weight is 373 g/mol. The minimum atomic E-state index is -3.61. The summed E-state index contributed by atoms with van der Waals surface area (Å²) in [7, 11) is 0.131. The second-order valence-corrected chi connectivity index (χ2v) is 8.09. The van der Waals surface area contributed by atoms with Crippen molar-refractivity contribution in [2.45, 2.75) is 17.4 Å². The Hall–Kier alpha value is -2.70. The maximum Gasteiger partial charge on any atom is 0.243 e. The third-order valence-electron chi connectivity index (χ3n) is 4.10. The average Bonchev–Trinajstić information content (AvgIpc) is 3.11. The Morgan fingerprint density at radius 2 is 1.92 bits per heavy atom. The van der Waals surface area contributed by atoms with Gasteiger partial charge in [-0.25, -0.2) is 8.42 Å². The molecule has 1 aromatic carbocycles. The molecule has 8 nitrogen and oxygen atoms in total. The van der Waals surface area contributed by atoms with E-state index in [-0.39, 0.29) is 17.5 Å². The van der Waals surface area contributed by atoms with Crippen LogP contribution in [0.15, 0.2) is 41.3 Å². The van der Waals surface area contributed by atoms with Gasteiger partial charge in [-0.2, -0.15) is 9.57 Å². The zero-order valence-corrected chi connectivity index (χ0v) is 15.3. The van der Waals surface area contributed by atoms with Gasteiger partial charge < -0.3 is 9.64 Å². The van der Waals surface area contributed by atoms with Crippen molar-refractivity contribution in [1.82, 2.24) is 14.5 Å². The maximum absolute atomic E-state index is 12.7. The Bertz CT molecular complexity index is 905. The summed E-state index contributed by atoms with van der Waals surface area (Å²) >= 11 is 0. The van der Waals surface area contributed by atoms with Gasteiger partial charge in [0.1, 0.15) is 6.10 Å². The topological polar surface area (TPSA) is 99.4 Å². The van der Waals surface area contributed by atoms with E-state index in [0.29, 0.717) is 30.2 Å². The van der Waals surface area contributed by atoms with Crippen molar-refractivity contribution in [2.24, 2.45) is 0 Å². The van der Waals surface area contributed by atoms with Crippen LogP contribution in [0.3, 0.4) is 0 Å². The van der Waals surface area contributed by atoms with Crippen LogP contribution in [0.2, 0.25) is 0 Å². The van der Waals surface area contributed by atoms with Crippen LogP contribution in [-0.4, -0.2) is 56.2 Å². The van der Waals surface area contributed by atoms with Crippen molar-refractivity contribution in [3.63, 3.8) is 0 Å². The Morgan fingerprint density at radius 1 is 1.19 bits per heavy atom. The lowest BCUT2D eigenvalue weighted by Crippen LogP contribution is -2.31. The van der Waals surface area contributed by atoms with Gasteiger partial charge in [0.25, 0.3) is 0 Å². The number of nitriles is 1. The van der Waals surface area contributed by atoms with Gasteiger partial charge in [0.2, 0.25) is 15.9 Å². The molecule has 136 valence electrons. The van der Waals surface area contributed by atoms with Gasteiger partial charge in [0, 0.05) is 26.7 Å². The zero-order valence-electron chi connectivity index (χ0n) is 14.5.